The molecule has 0 spiro atoms. The molecule has 0 aromatic heterocycles. The Kier molecular flexibility index (Phi) is 8.33. The van der Waals surface area contributed by atoms with Crippen molar-refractivity contribution in [3.05, 3.63) is 0 Å². The van der Waals surface area contributed by atoms with Crippen molar-refractivity contribution in [3.8, 4) is 0 Å². The molecule has 0 aliphatic carbocycles. The summed E-state index contributed by atoms with van der Waals surface area (Å²) in [6.45, 7) is 9.52. The molecular weight excluding hydrogens is 288 g/mol. The van der Waals surface area contributed by atoms with Crippen molar-refractivity contribution in [1.82, 2.24) is 0 Å². The van der Waals surface area contributed by atoms with Gasteiger partial charge in [-0.05, 0) is 0 Å². The van der Waals surface area contributed by atoms with Gasteiger partial charge in [-0.15, -0.1) is 0 Å². The van der Waals surface area contributed by atoms with Crippen LogP contribution in [0.5, 0.6) is 0 Å². The van der Waals surface area contributed by atoms with Crippen LogP contribution in [0.3, 0.4) is 0 Å². The summed E-state index contributed by atoms with van der Waals surface area (Å²) in [5.41, 5.74) is 0. The second kappa shape index (κ2) is 8.58. The van der Waals surface area contributed by atoms with Crippen LogP contribution < -0.4 is 0 Å². The van der Waals surface area contributed by atoms with E-state index in [-0.39, 0.29) is 12.2 Å². The third-order valence-corrected chi connectivity index (χ3v) is 4.54. The summed E-state index contributed by atoms with van der Waals surface area (Å²) in [6.07, 6.45) is -0.315. The quantitative estimate of drug-likeness (QED) is 0.500. The Morgan fingerprint density at radius 2 is 1.21 bits per heavy atom. The molecule has 0 aliphatic heterocycles. The molecule has 7 heteroatoms. The maximum atomic E-state index is 11.8. The number of hydrogen-bond acceptors (Lipinski definition) is 6. The number of carbonyl (C=O) groups is 3. The van der Waals surface area contributed by atoms with E-state index in [0.717, 1.165) is 0 Å². The zero-order valence-corrected chi connectivity index (χ0v) is 13.7. The van der Waals surface area contributed by atoms with E-state index in [9.17, 15) is 14.4 Å². The number of carbonyl (C=O) groups excluding carboxylic acids is 3. The normalized spacial score (nSPS) is 11.0. The zero-order valence-electron chi connectivity index (χ0n) is 12.2. The fraction of sp³-hybridized carbons (Fsp3) is 0.750. The van der Waals surface area contributed by atoms with Crippen molar-refractivity contribution in [2.45, 2.75) is 53.8 Å². The van der Waals surface area contributed by atoms with Crippen LogP contribution in [-0.4, -0.2) is 29.7 Å². The molecule has 0 heterocycles. The van der Waals surface area contributed by atoms with E-state index >= 15 is 0 Å². The van der Waals surface area contributed by atoms with Crippen LogP contribution in [0, 0.1) is 5.92 Å². The van der Waals surface area contributed by atoms with Crippen LogP contribution in [0.15, 0.2) is 0 Å². The van der Waals surface area contributed by atoms with Gasteiger partial charge in [0.05, 0.1) is 0 Å². The van der Waals surface area contributed by atoms with Gasteiger partial charge in [0.25, 0.3) is 0 Å². The molecule has 109 valence electrons. The summed E-state index contributed by atoms with van der Waals surface area (Å²) in [4.78, 5) is 34.4. The van der Waals surface area contributed by atoms with Gasteiger partial charge in [-0.3, -0.25) is 0 Å². The summed E-state index contributed by atoms with van der Waals surface area (Å²) in [5, 5.41) is 0. The van der Waals surface area contributed by atoms with Crippen molar-refractivity contribution in [1.29, 1.82) is 0 Å². The predicted molar refractivity (Wildman–Crippen MR) is 63.4 cm³/mol. The minimum absolute atomic E-state index is 0.158. The van der Waals surface area contributed by atoms with Crippen molar-refractivity contribution in [2.75, 3.05) is 0 Å². The monoisotopic (exact) mass is 309 g/mol. The van der Waals surface area contributed by atoms with Crippen LogP contribution >= 0.6 is 0 Å². The van der Waals surface area contributed by atoms with Gasteiger partial charge in [-0.25, -0.2) is 0 Å². The molecule has 0 N–H and O–H groups in total. The zero-order chi connectivity index (χ0) is 15.2. The van der Waals surface area contributed by atoms with Gasteiger partial charge in [0.2, 0.25) is 0 Å². The van der Waals surface area contributed by atoms with Gasteiger partial charge in [0, 0.05) is 0 Å². The third-order valence-electron chi connectivity index (χ3n) is 1.90. The Morgan fingerprint density at radius 3 is 1.47 bits per heavy atom. The van der Waals surface area contributed by atoms with E-state index in [2.05, 4.69) is 0 Å². The third kappa shape index (κ3) is 7.57. The standard InChI is InChI=1S/C6H8O4.2C3H7O.Ti/c1-3(7)5(4(2)8)6(9)10;2*1-3(2)4;/h5H,1-2H3,(H,9,10);2*3H,1-2H3;/q;2*-1;+3/p-1. The van der Waals surface area contributed by atoms with Gasteiger partial charge in [-0.1, -0.05) is 0 Å². The van der Waals surface area contributed by atoms with E-state index in [0.29, 0.717) is 0 Å². The number of ketones is 2. The molecule has 0 saturated heterocycles. The summed E-state index contributed by atoms with van der Waals surface area (Å²) in [7, 11) is 0. The SMILES string of the molecule is CC(=O)C(C(C)=O)C(=O)[O][Ti]([O]C(C)C)[O]C(C)C. The fourth-order valence-corrected chi connectivity index (χ4v) is 3.10. The Morgan fingerprint density at radius 1 is 0.842 bits per heavy atom. The van der Waals surface area contributed by atoms with Crippen LogP contribution in [0.25, 0.3) is 0 Å². The van der Waals surface area contributed by atoms with Crippen molar-refractivity contribution >= 4 is 17.5 Å². The van der Waals surface area contributed by atoms with Crippen LogP contribution in [0.4, 0.5) is 0 Å². The fourth-order valence-electron chi connectivity index (χ4n) is 1.22. The van der Waals surface area contributed by atoms with Crippen LogP contribution in [0.2, 0.25) is 0 Å². The van der Waals surface area contributed by atoms with Crippen LogP contribution in [-0.2, 0) is 43.4 Å². The van der Waals surface area contributed by atoms with Gasteiger partial charge in [0.15, 0.2) is 0 Å². The molecule has 0 aromatic carbocycles. The van der Waals surface area contributed by atoms with E-state index in [1.165, 1.54) is 13.8 Å². The Hall–Kier alpha value is -0.556. The molecule has 6 nitrogen and oxygen atoms in total. The van der Waals surface area contributed by atoms with Gasteiger partial charge < -0.3 is 0 Å². The number of hydrogen-bond donors (Lipinski definition) is 0. The topological polar surface area (TPSA) is 78.9 Å². The summed E-state index contributed by atoms with van der Waals surface area (Å²) in [6, 6.07) is 0. The molecule has 19 heavy (non-hydrogen) atoms. The average Bonchev–Trinajstić information content (AvgIpc) is 2.12. The van der Waals surface area contributed by atoms with E-state index in [1.54, 1.807) is 27.7 Å². The Labute approximate surface area is 121 Å². The molecule has 0 aliphatic rings. The first-order valence-electron chi connectivity index (χ1n) is 6.08. The molecule has 0 rings (SSSR count). The van der Waals surface area contributed by atoms with E-state index in [1.807, 2.05) is 0 Å². The maximum absolute atomic E-state index is 11.8. The second-order valence-corrected chi connectivity index (χ2v) is 6.49. The van der Waals surface area contributed by atoms with E-state index in [4.69, 9.17) is 9.96 Å². The van der Waals surface area contributed by atoms with Crippen molar-refractivity contribution in [3.63, 3.8) is 0 Å². The van der Waals surface area contributed by atoms with Gasteiger partial charge in [0.1, 0.15) is 0 Å². The molecule has 0 unspecified atom stereocenters. The van der Waals surface area contributed by atoms with Crippen molar-refractivity contribution in [2.24, 2.45) is 5.92 Å². The number of rotatable bonds is 8. The first-order valence-corrected chi connectivity index (χ1v) is 7.99. The van der Waals surface area contributed by atoms with Gasteiger partial charge >= 0.3 is 121 Å². The molecule has 0 atom stereocenters. The molecule has 0 fully saturated rings. The van der Waals surface area contributed by atoms with Crippen molar-refractivity contribution < 1.29 is 43.4 Å². The predicted octanol–water partition coefficient (Wildman–Crippen LogP) is 1.54. The molecular formula is C12H21O6Ti. The summed E-state index contributed by atoms with van der Waals surface area (Å²) in [5.74, 6) is -3.33. The minimum atomic E-state index is -2.99. The first-order chi connectivity index (χ1) is 8.65. The van der Waals surface area contributed by atoms with Crippen LogP contribution in [0.1, 0.15) is 41.5 Å². The second-order valence-electron chi connectivity index (χ2n) is 4.66. The average molecular weight is 309 g/mol. The number of Topliss-reactive ketones (excluding diaryl/α,β-unsaturated/α-hetero) is 2. The molecule has 0 saturated carbocycles. The Bertz CT molecular complexity index is 315. The van der Waals surface area contributed by atoms with E-state index < -0.39 is 42.5 Å². The summed E-state index contributed by atoms with van der Waals surface area (Å²) < 4.78 is 15.9. The first kappa shape index (κ1) is 18.4. The summed E-state index contributed by atoms with van der Waals surface area (Å²) >= 11 is -2.99. The van der Waals surface area contributed by atoms with Gasteiger partial charge in [-0.2, -0.15) is 0 Å². The molecule has 0 amide bonds. The molecule has 0 radical (unpaired) electrons. The Balaban J connectivity index is 4.76. The molecule has 0 aromatic rings. The molecule has 0 bridgehead atoms.